The molecule has 2 aromatic rings. The Labute approximate surface area is 169 Å². The fraction of sp³-hybridized carbons (Fsp3) is 0.304. The maximum Gasteiger partial charge on any atom is 0.317 e. The summed E-state index contributed by atoms with van der Waals surface area (Å²) in [6.07, 6.45) is 1.82. The largest absolute Gasteiger partial charge is 0.496 e. The third kappa shape index (κ3) is 4.16. The molecule has 2 unspecified atom stereocenters. The van der Waals surface area contributed by atoms with Crippen LogP contribution in [0, 0.1) is 11.7 Å². The zero-order valence-corrected chi connectivity index (χ0v) is 16.6. The molecular formula is C23H23FO5. The summed E-state index contributed by atoms with van der Waals surface area (Å²) in [7, 11) is 3.05. The second kappa shape index (κ2) is 8.90. The van der Waals surface area contributed by atoms with Gasteiger partial charge in [-0.05, 0) is 54.8 Å². The number of ether oxygens (including phenoxy) is 3. The molecule has 0 bridgehead atoms. The van der Waals surface area contributed by atoms with Crippen molar-refractivity contribution in [1.82, 2.24) is 0 Å². The van der Waals surface area contributed by atoms with E-state index in [-0.39, 0.29) is 18.2 Å². The van der Waals surface area contributed by atoms with Gasteiger partial charge in [-0.1, -0.05) is 18.2 Å². The minimum absolute atomic E-state index is 0.174. The molecule has 0 aromatic heterocycles. The van der Waals surface area contributed by atoms with Gasteiger partial charge in [0.25, 0.3) is 0 Å². The fourth-order valence-electron chi connectivity index (χ4n) is 3.77. The first-order valence-electron chi connectivity index (χ1n) is 9.38. The summed E-state index contributed by atoms with van der Waals surface area (Å²) in [4.78, 5) is 25.7. The maximum absolute atomic E-state index is 13.3. The smallest absolute Gasteiger partial charge is 0.317 e. The van der Waals surface area contributed by atoms with Gasteiger partial charge < -0.3 is 14.2 Å². The summed E-state index contributed by atoms with van der Waals surface area (Å²) >= 11 is 0. The average molecular weight is 398 g/mol. The Kier molecular flexibility index (Phi) is 6.32. The normalized spacial score (nSPS) is 18.8. The van der Waals surface area contributed by atoms with Gasteiger partial charge in [0.1, 0.15) is 23.2 Å². The van der Waals surface area contributed by atoms with Crippen molar-refractivity contribution in [2.45, 2.75) is 19.3 Å². The molecule has 0 heterocycles. The molecule has 29 heavy (non-hydrogen) atoms. The summed E-state index contributed by atoms with van der Waals surface area (Å²) < 4.78 is 29.5. The Morgan fingerprint density at radius 1 is 1.07 bits per heavy atom. The SMILES string of the molecule is CCOC(=O)C1C(=O)C=C(c2ccc(F)cc2)CC1c1c(OC)cccc1OC. The van der Waals surface area contributed by atoms with Crippen LogP contribution in [-0.2, 0) is 14.3 Å². The highest BCUT2D eigenvalue weighted by molar-refractivity contribution is 6.10. The molecule has 0 N–H and O–H groups in total. The Morgan fingerprint density at radius 3 is 2.24 bits per heavy atom. The summed E-state index contributed by atoms with van der Waals surface area (Å²) in [5.41, 5.74) is 2.08. The standard InChI is InChI=1S/C23H23FO5/c1-4-29-23(26)21-17(22-19(27-2)6-5-7-20(22)28-3)12-15(13-18(21)25)14-8-10-16(24)11-9-14/h5-11,13,17,21H,4,12H2,1-3H3. The number of hydrogen-bond donors (Lipinski definition) is 0. The van der Waals surface area contributed by atoms with Gasteiger partial charge in [-0.15, -0.1) is 0 Å². The van der Waals surface area contributed by atoms with Gasteiger partial charge in [-0.2, -0.15) is 0 Å². The Hall–Kier alpha value is -3.15. The predicted molar refractivity (Wildman–Crippen MR) is 106 cm³/mol. The van der Waals surface area contributed by atoms with E-state index in [1.807, 2.05) is 0 Å². The highest BCUT2D eigenvalue weighted by Gasteiger charge is 2.42. The Bertz CT molecular complexity index is 911. The number of allylic oxidation sites excluding steroid dienone is 2. The van der Waals surface area contributed by atoms with Gasteiger partial charge >= 0.3 is 5.97 Å². The molecule has 2 aromatic carbocycles. The molecule has 2 atom stereocenters. The molecular weight excluding hydrogens is 375 g/mol. The van der Waals surface area contributed by atoms with Crippen LogP contribution in [0.2, 0.25) is 0 Å². The van der Waals surface area contributed by atoms with Crippen LogP contribution in [0.4, 0.5) is 4.39 Å². The first-order chi connectivity index (χ1) is 14.0. The van der Waals surface area contributed by atoms with E-state index in [0.29, 0.717) is 29.1 Å². The number of methoxy groups -OCH3 is 2. The Morgan fingerprint density at radius 2 is 1.69 bits per heavy atom. The molecule has 1 aliphatic carbocycles. The number of carbonyl (C=O) groups excluding carboxylic acids is 2. The topological polar surface area (TPSA) is 61.8 Å². The van der Waals surface area contributed by atoms with Crippen molar-refractivity contribution in [3.05, 3.63) is 65.5 Å². The van der Waals surface area contributed by atoms with Crippen LogP contribution >= 0.6 is 0 Å². The molecule has 5 nitrogen and oxygen atoms in total. The number of benzene rings is 2. The summed E-state index contributed by atoms with van der Waals surface area (Å²) in [5.74, 6) is -1.80. The van der Waals surface area contributed by atoms with E-state index in [4.69, 9.17) is 14.2 Å². The lowest BCUT2D eigenvalue weighted by Crippen LogP contribution is -2.34. The van der Waals surface area contributed by atoms with Crippen LogP contribution in [0.25, 0.3) is 5.57 Å². The maximum atomic E-state index is 13.3. The van der Waals surface area contributed by atoms with E-state index < -0.39 is 17.8 Å². The minimum atomic E-state index is -1.01. The number of rotatable bonds is 6. The molecule has 0 amide bonds. The van der Waals surface area contributed by atoms with Crippen LogP contribution < -0.4 is 9.47 Å². The zero-order chi connectivity index (χ0) is 21.0. The van der Waals surface area contributed by atoms with Crippen LogP contribution in [0.3, 0.4) is 0 Å². The summed E-state index contributed by atoms with van der Waals surface area (Å²) in [6.45, 7) is 1.87. The van der Waals surface area contributed by atoms with Gasteiger partial charge in [0.2, 0.25) is 0 Å². The third-order valence-electron chi connectivity index (χ3n) is 5.06. The van der Waals surface area contributed by atoms with Crippen molar-refractivity contribution >= 4 is 17.3 Å². The molecule has 0 aliphatic heterocycles. The predicted octanol–water partition coefficient (Wildman–Crippen LogP) is 4.16. The number of esters is 1. The van der Waals surface area contributed by atoms with Gasteiger partial charge in [-0.25, -0.2) is 4.39 Å². The quantitative estimate of drug-likeness (QED) is 0.540. The monoisotopic (exact) mass is 398 g/mol. The van der Waals surface area contributed by atoms with Crippen molar-refractivity contribution in [3.63, 3.8) is 0 Å². The van der Waals surface area contributed by atoms with Crippen molar-refractivity contribution in [3.8, 4) is 11.5 Å². The lowest BCUT2D eigenvalue weighted by Gasteiger charge is -2.31. The molecule has 0 saturated heterocycles. The molecule has 6 heteroatoms. The zero-order valence-electron chi connectivity index (χ0n) is 16.6. The van der Waals surface area contributed by atoms with Crippen LogP contribution in [0.5, 0.6) is 11.5 Å². The van der Waals surface area contributed by atoms with Crippen LogP contribution in [0.15, 0.2) is 48.5 Å². The number of halogens is 1. The highest BCUT2D eigenvalue weighted by Crippen LogP contribution is 2.46. The third-order valence-corrected chi connectivity index (χ3v) is 5.06. The first kappa shape index (κ1) is 20.6. The van der Waals surface area contributed by atoms with Gasteiger partial charge in [0.15, 0.2) is 5.78 Å². The fourth-order valence-corrected chi connectivity index (χ4v) is 3.77. The molecule has 0 radical (unpaired) electrons. The van der Waals surface area contributed by atoms with Crippen LogP contribution in [-0.4, -0.2) is 32.6 Å². The van der Waals surface area contributed by atoms with E-state index in [0.717, 1.165) is 5.56 Å². The number of carbonyl (C=O) groups is 2. The molecule has 0 saturated carbocycles. The van der Waals surface area contributed by atoms with Crippen molar-refractivity contribution < 1.29 is 28.2 Å². The summed E-state index contributed by atoms with van der Waals surface area (Å²) in [6, 6.07) is 11.2. The molecule has 0 spiro atoms. The molecule has 3 rings (SSSR count). The van der Waals surface area contributed by atoms with E-state index in [1.54, 1.807) is 37.3 Å². The lowest BCUT2D eigenvalue weighted by molar-refractivity contribution is -0.151. The van der Waals surface area contributed by atoms with E-state index in [1.165, 1.54) is 32.4 Å². The minimum Gasteiger partial charge on any atom is -0.496 e. The van der Waals surface area contributed by atoms with Gasteiger partial charge in [0, 0.05) is 11.5 Å². The highest BCUT2D eigenvalue weighted by atomic mass is 19.1. The van der Waals surface area contributed by atoms with E-state index >= 15 is 0 Å². The van der Waals surface area contributed by atoms with Crippen LogP contribution in [0.1, 0.15) is 30.4 Å². The molecule has 0 fully saturated rings. The average Bonchev–Trinajstić information content (AvgIpc) is 2.73. The van der Waals surface area contributed by atoms with Crippen molar-refractivity contribution in [2.24, 2.45) is 5.92 Å². The van der Waals surface area contributed by atoms with E-state index in [2.05, 4.69) is 0 Å². The summed E-state index contributed by atoms with van der Waals surface area (Å²) in [5, 5.41) is 0. The van der Waals surface area contributed by atoms with Crippen molar-refractivity contribution in [2.75, 3.05) is 20.8 Å². The lowest BCUT2D eigenvalue weighted by atomic mass is 9.73. The molecule has 1 aliphatic rings. The number of ketones is 1. The van der Waals surface area contributed by atoms with E-state index in [9.17, 15) is 14.0 Å². The second-order valence-corrected chi connectivity index (χ2v) is 6.70. The van der Waals surface area contributed by atoms with Gasteiger partial charge in [-0.3, -0.25) is 9.59 Å². The molecule has 152 valence electrons. The van der Waals surface area contributed by atoms with Gasteiger partial charge in [0.05, 0.1) is 20.8 Å². The second-order valence-electron chi connectivity index (χ2n) is 6.70. The Balaban J connectivity index is 2.13. The van der Waals surface area contributed by atoms with Crippen molar-refractivity contribution in [1.29, 1.82) is 0 Å². The number of hydrogen-bond acceptors (Lipinski definition) is 5. The first-order valence-corrected chi connectivity index (χ1v) is 9.38.